The highest BCUT2D eigenvalue weighted by Crippen LogP contribution is 2.44. The van der Waals surface area contributed by atoms with Gasteiger partial charge < -0.3 is 20.9 Å². The number of fused-ring (bicyclic) bond motifs is 1. The summed E-state index contributed by atoms with van der Waals surface area (Å²) in [5.74, 6) is -0.112. The number of carbonyl (C=O) groups excluding carboxylic acids is 2. The number of nitrogens with two attached hydrogens (primary N) is 1. The summed E-state index contributed by atoms with van der Waals surface area (Å²) in [6, 6.07) is 25.5. The van der Waals surface area contributed by atoms with Crippen LogP contribution in [0, 0.1) is 12.3 Å². The number of allylic oxidation sites excluding steroid dienone is 1. The molecule has 0 bridgehead atoms. The number of hydrogen-bond acceptors (Lipinski definition) is 5. The molecule has 7 heteroatoms. The molecule has 0 aliphatic rings. The largest absolute Gasteiger partial charge is 0.507 e. The number of hydrogen-bond donors (Lipinski definition) is 4. The van der Waals surface area contributed by atoms with Gasteiger partial charge in [0.1, 0.15) is 11.9 Å². The van der Waals surface area contributed by atoms with E-state index < -0.39 is 17.6 Å². The molecule has 0 unspecified atom stereocenters. The molecule has 7 nitrogen and oxygen atoms in total. The van der Waals surface area contributed by atoms with Crippen molar-refractivity contribution in [1.82, 2.24) is 0 Å². The van der Waals surface area contributed by atoms with Crippen molar-refractivity contribution in [3.8, 4) is 5.75 Å². The first kappa shape index (κ1) is 28.2. The molecule has 4 aromatic rings. The van der Waals surface area contributed by atoms with E-state index >= 15 is 0 Å². The van der Waals surface area contributed by atoms with Crippen molar-refractivity contribution in [3.63, 3.8) is 0 Å². The Hall–Kier alpha value is -4.78. The summed E-state index contributed by atoms with van der Waals surface area (Å²) in [6.07, 6.45) is 3.25. The molecular formula is C33H35N3O4. The Kier molecular flexibility index (Phi) is 8.74. The van der Waals surface area contributed by atoms with Gasteiger partial charge in [-0.05, 0) is 61.6 Å². The van der Waals surface area contributed by atoms with Gasteiger partial charge in [-0.3, -0.25) is 10.1 Å². The number of nitrogen functional groups attached to an aromatic ring is 1. The van der Waals surface area contributed by atoms with Crippen LogP contribution < -0.4 is 16.4 Å². The van der Waals surface area contributed by atoms with Gasteiger partial charge in [-0.2, -0.15) is 0 Å². The summed E-state index contributed by atoms with van der Waals surface area (Å²) >= 11 is 0. The molecule has 0 fully saturated rings. The summed E-state index contributed by atoms with van der Waals surface area (Å²) < 4.78 is 6.10. The molecule has 5 N–H and O–H groups in total. The Morgan fingerprint density at radius 3 is 2.33 bits per heavy atom. The minimum absolute atomic E-state index is 0.160. The third-order valence-corrected chi connectivity index (χ3v) is 6.89. The molecule has 2 amide bonds. The third kappa shape index (κ3) is 6.99. The van der Waals surface area contributed by atoms with Gasteiger partial charge in [-0.1, -0.05) is 80.1 Å². The number of ether oxygens (including phenoxy) is 1. The van der Waals surface area contributed by atoms with Crippen LogP contribution in [0.15, 0.2) is 97.1 Å². The highest BCUT2D eigenvalue weighted by molar-refractivity contribution is 6.01. The van der Waals surface area contributed by atoms with Crippen molar-refractivity contribution >= 4 is 39.8 Å². The summed E-state index contributed by atoms with van der Waals surface area (Å²) in [5.41, 5.74) is 8.95. The number of rotatable bonds is 9. The van der Waals surface area contributed by atoms with E-state index in [0.29, 0.717) is 35.3 Å². The Morgan fingerprint density at radius 2 is 1.60 bits per heavy atom. The zero-order chi connectivity index (χ0) is 28.7. The smallest absolute Gasteiger partial charge is 0.412 e. The van der Waals surface area contributed by atoms with Gasteiger partial charge in [0.25, 0.3) is 0 Å². The maximum absolute atomic E-state index is 13.1. The first-order valence-electron chi connectivity index (χ1n) is 13.2. The minimum atomic E-state index is -0.644. The molecule has 0 heterocycles. The van der Waals surface area contributed by atoms with E-state index in [9.17, 15) is 14.7 Å². The molecule has 1 atom stereocenters. The Morgan fingerprint density at radius 1 is 0.925 bits per heavy atom. The van der Waals surface area contributed by atoms with Gasteiger partial charge in [0.15, 0.2) is 0 Å². The molecule has 0 radical (unpaired) electrons. The zero-order valence-corrected chi connectivity index (χ0v) is 23.0. The van der Waals surface area contributed by atoms with E-state index in [2.05, 4.69) is 10.6 Å². The molecule has 0 aliphatic carbocycles. The number of phenolic OH excluding ortho intramolecular Hbond substituents is 1. The summed E-state index contributed by atoms with van der Waals surface area (Å²) in [5, 5.41) is 17.5. The lowest BCUT2D eigenvalue weighted by molar-refractivity contribution is -0.111. The average molecular weight is 538 g/mol. The van der Waals surface area contributed by atoms with Crippen LogP contribution in [-0.4, -0.2) is 17.1 Å². The normalized spacial score (nSPS) is 12.3. The molecule has 0 spiro atoms. The Labute approximate surface area is 234 Å². The molecular weight excluding hydrogens is 502 g/mol. The lowest BCUT2D eigenvalue weighted by Crippen LogP contribution is -2.29. The lowest BCUT2D eigenvalue weighted by Gasteiger charge is -2.35. The number of nitrogens with one attached hydrogen (secondary N) is 2. The number of aryl methyl sites for hydroxylation is 1. The van der Waals surface area contributed by atoms with E-state index in [0.717, 1.165) is 16.5 Å². The Balaban J connectivity index is 1.53. The van der Waals surface area contributed by atoms with Crippen LogP contribution in [0.1, 0.15) is 43.9 Å². The van der Waals surface area contributed by atoms with Crippen molar-refractivity contribution in [2.24, 2.45) is 5.41 Å². The van der Waals surface area contributed by atoms with Gasteiger partial charge in [-0.15, -0.1) is 0 Å². The second kappa shape index (κ2) is 12.4. The number of amides is 2. The van der Waals surface area contributed by atoms with Crippen molar-refractivity contribution in [2.45, 2.75) is 39.7 Å². The van der Waals surface area contributed by atoms with Gasteiger partial charge in [0.05, 0.1) is 11.4 Å². The monoisotopic (exact) mass is 537 g/mol. The predicted molar refractivity (Wildman–Crippen MR) is 161 cm³/mol. The first-order chi connectivity index (χ1) is 19.1. The van der Waals surface area contributed by atoms with E-state index in [4.69, 9.17) is 10.5 Å². The van der Waals surface area contributed by atoms with Crippen LogP contribution in [-0.2, 0) is 9.53 Å². The second-order valence-corrected chi connectivity index (χ2v) is 10.5. The molecule has 40 heavy (non-hydrogen) atoms. The van der Waals surface area contributed by atoms with Gasteiger partial charge in [-0.25, -0.2) is 4.79 Å². The quantitative estimate of drug-likeness (QED) is 0.129. The Bertz CT molecular complexity index is 1530. The minimum Gasteiger partial charge on any atom is -0.507 e. The molecule has 206 valence electrons. The molecule has 4 aromatic carbocycles. The average Bonchev–Trinajstić information content (AvgIpc) is 2.93. The summed E-state index contributed by atoms with van der Waals surface area (Å²) in [7, 11) is 0. The highest BCUT2D eigenvalue weighted by Gasteiger charge is 2.35. The third-order valence-electron chi connectivity index (χ3n) is 6.89. The molecule has 0 aliphatic heterocycles. The van der Waals surface area contributed by atoms with Gasteiger partial charge in [0, 0.05) is 22.1 Å². The first-order valence-corrected chi connectivity index (χ1v) is 13.2. The van der Waals surface area contributed by atoms with Gasteiger partial charge in [0.2, 0.25) is 5.91 Å². The summed E-state index contributed by atoms with van der Waals surface area (Å²) in [4.78, 5) is 25.5. The zero-order valence-electron chi connectivity index (χ0n) is 23.0. The fourth-order valence-corrected chi connectivity index (χ4v) is 4.63. The maximum Gasteiger partial charge on any atom is 0.412 e. The van der Waals surface area contributed by atoms with Crippen LogP contribution in [0.3, 0.4) is 0 Å². The number of anilines is 3. The van der Waals surface area contributed by atoms with E-state index in [1.165, 1.54) is 6.08 Å². The van der Waals surface area contributed by atoms with Crippen molar-refractivity contribution in [1.29, 1.82) is 0 Å². The van der Waals surface area contributed by atoms with Crippen molar-refractivity contribution in [3.05, 3.63) is 108 Å². The van der Waals surface area contributed by atoms with E-state index in [1.807, 2.05) is 69.3 Å². The van der Waals surface area contributed by atoms with Crippen LogP contribution >= 0.6 is 0 Å². The lowest BCUT2D eigenvalue weighted by atomic mass is 9.77. The highest BCUT2D eigenvalue weighted by atomic mass is 16.6. The number of aromatic hydroxyl groups is 1. The molecule has 4 rings (SSSR count). The van der Waals surface area contributed by atoms with Crippen LogP contribution in [0.4, 0.5) is 21.9 Å². The number of para-hydroxylation sites is 2. The van der Waals surface area contributed by atoms with Crippen molar-refractivity contribution < 1.29 is 19.4 Å². The van der Waals surface area contributed by atoms with Crippen molar-refractivity contribution in [2.75, 3.05) is 16.4 Å². The fraction of sp³-hybridized carbons (Fsp3) is 0.212. The SMILES string of the molecule is Cc1ccc(NC(=O)O[C@@H](c2ccc(O)c3ccccc23)C(C)(C)CC/C=C/C(=O)Nc2ccccc2N)cc1. The van der Waals surface area contributed by atoms with Crippen LogP contribution in [0.5, 0.6) is 5.75 Å². The number of carbonyl (C=O) groups is 2. The topological polar surface area (TPSA) is 114 Å². The summed E-state index contributed by atoms with van der Waals surface area (Å²) in [6.45, 7) is 6.03. The van der Waals surface area contributed by atoms with Gasteiger partial charge >= 0.3 is 6.09 Å². The van der Waals surface area contributed by atoms with E-state index in [1.54, 1.807) is 42.5 Å². The predicted octanol–water partition coefficient (Wildman–Crippen LogP) is 7.73. The van der Waals surface area contributed by atoms with Crippen LogP contribution in [0.25, 0.3) is 10.8 Å². The fourth-order valence-electron chi connectivity index (χ4n) is 4.63. The maximum atomic E-state index is 13.1. The second-order valence-electron chi connectivity index (χ2n) is 10.5. The molecule has 0 aromatic heterocycles. The number of benzene rings is 4. The standard InChI is InChI=1S/C33H35N3O4/c1-22-15-17-23(18-16-22)35-32(39)40-31(26-19-20-29(37)25-11-5-4-10-24(25)26)33(2,3)21-9-8-14-30(38)36-28-13-7-6-12-27(28)34/h4-8,10-20,31,37H,9,21,34H2,1-3H3,(H,35,39)(H,36,38)/b14-8+/t31-/m0/s1. The number of phenols is 1. The molecule has 0 saturated heterocycles. The van der Waals surface area contributed by atoms with E-state index in [-0.39, 0.29) is 11.7 Å². The molecule has 0 saturated carbocycles. The van der Waals surface area contributed by atoms with Crippen LogP contribution in [0.2, 0.25) is 0 Å².